The van der Waals surface area contributed by atoms with Crippen molar-refractivity contribution < 1.29 is 0 Å². The van der Waals surface area contributed by atoms with Crippen LogP contribution in [-0.4, -0.2) is 13.1 Å². The Morgan fingerprint density at radius 3 is 2.44 bits per heavy atom. The van der Waals surface area contributed by atoms with E-state index in [1.807, 2.05) is 12.1 Å². The first kappa shape index (κ1) is 15.5. The van der Waals surface area contributed by atoms with Gasteiger partial charge < -0.3 is 11.1 Å². The predicted molar refractivity (Wildman–Crippen MR) is 80.1 cm³/mol. The summed E-state index contributed by atoms with van der Waals surface area (Å²) in [5.74, 6) is 0.728. The van der Waals surface area contributed by atoms with E-state index in [1.54, 1.807) is 0 Å². The van der Waals surface area contributed by atoms with Gasteiger partial charge in [0.2, 0.25) is 0 Å². The average Bonchev–Trinajstić information content (AvgIpc) is 2.36. The van der Waals surface area contributed by atoms with E-state index in [-0.39, 0.29) is 6.04 Å². The maximum atomic E-state index is 5.99. The Morgan fingerprint density at radius 2 is 1.94 bits per heavy atom. The first-order valence-electron chi connectivity index (χ1n) is 6.81. The Hall–Kier alpha value is -0.570. The predicted octanol–water partition coefficient (Wildman–Crippen LogP) is 3.67. The third kappa shape index (κ3) is 4.27. The zero-order valence-corrected chi connectivity index (χ0v) is 12.4. The lowest BCUT2D eigenvalue weighted by Crippen LogP contribution is -2.32. The lowest BCUT2D eigenvalue weighted by Gasteiger charge is -2.22. The molecule has 2 nitrogen and oxygen atoms in total. The first-order valence-corrected chi connectivity index (χ1v) is 7.19. The molecule has 0 saturated heterocycles. The van der Waals surface area contributed by atoms with Gasteiger partial charge in [0.25, 0.3) is 0 Å². The number of benzene rings is 1. The molecule has 0 aliphatic heterocycles. The minimum atomic E-state index is 0.225. The summed E-state index contributed by atoms with van der Waals surface area (Å²) >= 11 is 5.99. The quantitative estimate of drug-likeness (QED) is 0.792. The zero-order chi connectivity index (χ0) is 13.5. The van der Waals surface area contributed by atoms with Gasteiger partial charge in [0.05, 0.1) is 0 Å². The molecular formula is C15H25ClN2. The highest BCUT2D eigenvalue weighted by Gasteiger charge is 2.13. The second kappa shape index (κ2) is 7.78. The van der Waals surface area contributed by atoms with Crippen molar-refractivity contribution in [2.45, 2.75) is 39.7 Å². The molecule has 0 amide bonds. The zero-order valence-electron chi connectivity index (χ0n) is 11.7. The molecule has 0 radical (unpaired) electrons. The van der Waals surface area contributed by atoms with Gasteiger partial charge in [-0.25, -0.2) is 0 Å². The summed E-state index contributed by atoms with van der Waals surface area (Å²) in [4.78, 5) is 0. The van der Waals surface area contributed by atoms with Gasteiger partial charge in [-0.1, -0.05) is 44.4 Å². The van der Waals surface area contributed by atoms with E-state index in [0.29, 0.717) is 6.54 Å². The summed E-state index contributed by atoms with van der Waals surface area (Å²) in [6, 6.07) is 6.24. The van der Waals surface area contributed by atoms with Crippen molar-refractivity contribution in [3.8, 4) is 0 Å². The third-order valence-corrected chi connectivity index (χ3v) is 3.89. The monoisotopic (exact) mass is 268 g/mol. The fourth-order valence-electron chi connectivity index (χ4n) is 2.24. The number of aryl methyl sites for hydroxylation is 1. The molecule has 0 heterocycles. The molecule has 0 aliphatic rings. The van der Waals surface area contributed by atoms with Gasteiger partial charge >= 0.3 is 0 Å². The van der Waals surface area contributed by atoms with Gasteiger partial charge in [-0.3, -0.25) is 0 Å². The van der Waals surface area contributed by atoms with Crippen molar-refractivity contribution >= 4 is 11.6 Å². The average molecular weight is 269 g/mol. The van der Waals surface area contributed by atoms with Gasteiger partial charge in [-0.2, -0.15) is 0 Å². The molecule has 0 aromatic heterocycles. The van der Waals surface area contributed by atoms with Crippen LogP contribution in [0.15, 0.2) is 18.2 Å². The van der Waals surface area contributed by atoms with Gasteiger partial charge in [-0.15, -0.1) is 0 Å². The molecule has 102 valence electrons. The first-order chi connectivity index (χ1) is 8.62. The molecule has 0 aliphatic carbocycles. The number of nitrogens with one attached hydrogen (secondary N) is 1. The number of rotatable bonds is 7. The van der Waals surface area contributed by atoms with Crippen LogP contribution in [0, 0.1) is 12.8 Å². The van der Waals surface area contributed by atoms with Crippen molar-refractivity contribution in [1.82, 2.24) is 5.32 Å². The van der Waals surface area contributed by atoms with Crippen molar-refractivity contribution in [1.29, 1.82) is 0 Å². The minimum Gasteiger partial charge on any atom is -0.329 e. The summed E-state index contributed by atoms with van der Waals surface area (Å²) < 4.78 is 0. The van der Waals surface area contributed by atoms with Crippen LogP contribution < -0.4 is 11.1 Å². The third-order valence-electron chi connectivity index (χ3n) is 3.65. The van der Waals surface area contributed by atoms with Crippen LogP contribution in [-0.2, 0) is 0 Å². The van der Waals surface area contributed by atoms with E-state index in [1.165, 1.54) is 24.0 Å². The van der Waals surface area contributed by atoms with Crippen LogP contribution in [0.1, 0.15) is 43.9 Å². The molecule has 3 heteroatoms. The van der Waals surface area contributed by atoms with E-state index in [0.717, 1.165) is 17.5 Å². The second-order valence-electron chi connectivity index (χ2n) is 4.88. The lowest BCUT2D eigenvalue weighted by atomic mass is 9.99. The highest BCUT2D eigenvalue weighted by Crippen LogP contribution is 2.21. The Bertz CT molecular complexity index is 362. The Labute approximate surface area is 116 Å². The number of hydrogen-bond acceptors (Lipinski definition) is 2. The number of nitrogens with two attached hydrogens (primary N) is 1. The van der Waals surface area contributed by atoms with Crippen LogP contribution >= 0.6 is 11.6 Å². The van der Waals surface area contributed by atoms with Gasteiger partial charge in [0, 0.05) is 17.6 Å². The molecule has 0 saturated carbocycles. The number of halogens is 1. The highest BCUT2D eigenvalue weighted by atomic mass is 35.5. The standard InChI is InChI=1S/C15H25ClN2/c1-4-12(5-2)10-18-15(9-17)14-7-6-13(16)8-11(14)3/h6-8,12,15,18H,4-5,9-10,17H2,1-3H3. The molecule has 1 aromatic rings. The molecule has 1 rings (SSSR count). The molecule has 1 atom stereocenters. The SMILES string of the molecule is CCC(CC)CNC(CN)c1ccc(Cl)cc1C. The molecule has 1 unspecified atom stereocenters. The maximum absolute atomic E-state index is 5.99. The lowest BCUT2D eigenvalue weighted by molar-refractivity contribution is 0.413. The fraction of sp³-hybridized carbons (Fsp3) is 0.600. The molecule has 18 heavy (non-hydrogen) atoms. The van der Waals surface area contributed by atoms with E-state index in [4.69, 9.17) is 17.3 Å². The van der Waals surface area contributed by atoms with E-state index in [9.17, 15) is 0 Å². The molecule has 0 spiro atoms. The molecule has 1 aromatic carbocycles. The van der Waals surface area contributed by atoms with Gasteiger partial charge in [0.15, 0.2) is 0 Å². The largest absolute Gasteiger partial charge is 0.329 e. The molecular weight excluding hydrogens is 244 g/mol. The van der Waals surface area contributed by atoms with Crippen LogP contribution in [0.5, 0.6) is 0 Å². The number of hydrogen-bond donors (Lipinski definition) is 2. The summed E-state index contributed by atoms with van der Waals surface area (Å²) in [5, 5.41) is 4.36. The van der Waals surface area contributed by atoms with Crippen molar-refractivity contribution in [3.63, 3.8) is 0 Å². The van der Waals surface area contributed by atoms with Gasteiger partial charge in [0.1, 0.15) is 0 Å². The minimum absolute atomic E-state index is 0.225. The van der Waals surface area contributed by atoms with Crippen molar-refractivity contribution in [2.24, 2.45) is 11.7 Å². The summed E-state index contributed by atoms with van der Waals surface area (Å²) in [5.41, 5.74) is 8.35. The van der Waals surface area contributed by atoms with Crippen LogP contribution in [0.3, 0.4) is 0 Å². The highest BCUT2D eigenvalue weighted by molar-refractivity contribution is 6.30. The summed E-state index contributed by atoms with van der Waals surface area (Å²) in [6.07, 6.45) is 2.42. The second-order valence-corrected chi connectivity index (χ2v) is 5.32. The van der Waals surface area contributed by atoms with E-state index >= 15 is 0 Å². The Morgan fingerprint density at radius 1 is 1.28 bits per heavy atom. The molecule has 0 fully saturated rings. The van der Waals surface area contributed by atoms with Gasteiger partial charge in [-0.05, 0) is 42.6 Å². The van der Waals surface area contributed by atoms with Crippen molar-refractivity contribution in [3.05, 3.63) is 34.3 Å². The maximum Gasteiger partial charge on any atom is 0.0447 e. The van der Waals surface area contributed by atoms with Crippen LogP contribution in [0.4, 0.5) is 0 Å². The topological polar surface area (TPSA) is 38.0 Å². The fourth-order valence-corrected chi connectivity index (χ4v) is 2.46. The normalized spacial score (nSPS) is 13.0. The summed E-state index contributed by atoms with van der Waals surface area (Å²) in [6.45, 7) is 8.20. The smallest absolute Gasteiger partial charge is 0.0447 e. The Balaban J connectivity index is 2.71. The molecule has 0 bridgehead atoms. The van der Waals surface area contributed by atoms with E-state index < -0.39 is 0 Å². The van der Waals surface area contributed by atoms with Crippen molar-refractivity contribution in [2.75, 3.05) is 13.1 Å². The van der Waals surface area contributed by atoms with Crippen LogP contribution in [0.25, 0.3) is 0 Å². The van der Waals surface area contributed by atoms with E-state index in [2.05, 4.69) is 32.2 Å². The molecule has 3 N–H and O–H groups in total. The Kier molecular flexibility index (Phi) is 6.69. The summed E-state index contributed by atoms with van der Waals surface area (Å²) in [7, 11) is 0. The van der Waals surface area contributed by atoms with Crippen LogP contribution in [0.2, 0.25) is 5.02 Å².